The maximum Gasteiger partial charge on any atom is 0.342 e. The monoisotopic (exact) mass is 359 g/mol. The van der Waals surface area contributed by atoms with Crippen LogP contribution < -0.4 is 9.84 Å². The lowest BCUT2D eigenvalue weighted by molar-refractivity contribution is -0.873. The number of ether oxygens (including phenoxy) is 2. The van der Waals surface area contributed by atoms with Crippen molar-refractivity contribution in [3.05, 3.63) is 29.8 Å². The van der Waals surface area contributed by atoms with Gasteiger partial charge in [0.25, 0.3) is 0 Å². The quantitative estimate of drug-likeness (QED) is 0.397. The number of carboxylic acids is 1. The number of carbonyl (C=O) groups excluding carboxylic acids is 3. The summed E-state index contributed by atoms with van der Waals surface area (Å²) in [7, 11) is 5.55. The minimum absolute atomic E-state index is 0. The van der Waals surface area contributed by atoms with E-state index >= 15 is 0 Å². The van der Waals surface area contributed by atoms with Crippen LogP contribution in [-0.4, -0.2) is 56.2 Å². The van der Waals surface area contributed by atoms with E-state index in [9.17, 15) is 19.5 Å². The maximum absolute atomic E-state index is 12.3. The first-order chi connectivity index (χ1) is 10.6. The summed E-state index contributed by atoms with van der Waals surface area (Å²) in [5.41, 5.74) is 0.0625. The number of aliphatic carboxylic acids is 1. The van der Waals surface area contributed by atoms with Crippen LogP contribution in [0.3, 0.4) is 0 Å². The third kappa shape index (κ3) is 7.94. The number of carbonyl (C=O) groups is 3. The molecule has 0 amide bonds. The van der Waals surface area contributed by atoms with Gasteiger partial charge in [-0.15, -0.1) is 12.4 Å². The molecule has 134 valence electrons. The number of quaternary nitrogens is 1. The van der Waals surface area contributed by atoms with Gasteiger partial charge in [-0.2, -0.15) is 0 Å². The van der Waals surface area contributed by atoms with E-state index in [-0.39, 0.29) is 23.7 Å². The first-order valence-corrected chi connectivity index (χ1v) is 7.07. The topological polar surface area (TPSA) is 92.7 Å². The standard InChI is InChI=1S/C16H21NO6.ClH/c1-11(18)22-14-8-6-5-7-13(14)16(21)23-12(9-15(19)20)10-17(2,3)4;/h5-8,12H,9-10H2,1-4H3;1H. The van der Waals surface area contributed by atoms with Crippen molar-refractivity contribution in [1.82, 2.24) is 0 Å². The van der Waals surface area contributed by atoms with E-state index in [1.807, 2.05) is 21.1 Å². The summed E-state index contributed by atoms with van der Waals surface area (Å²) in [5.74, 6) is -2.54. The molecule has 0 aliphatic heterocycles. The molecule has 0 aliphatic rings. The van der Waals surface area contributed by atoms with Gasteiger partial charge in [-0.25, -0.2) is 4.79 Å². The van der Waals surface area contributed by atoms with Gasteiger partial charge in [0.2, 0.25) is 0 Å². The van der Waals surface area contributed by atoms with Crippen LogP contribution in [0.25, 0.3) is 0 Å². The summed E-state index contributed by atoms with van der Waals surface area (Å²) in [5, 5.41) is 10.8. The molecule has 0 bridgehead atoms. The summed E-state index contributed by atoms with van der Waals surface area (Å²) in [6.45, 7) is 1.52. The highest BCUT2D eigenvalue weighted by Gasteiger charge is 2.24. The van der Waals surface area contributed by atoms with Gasteiger partial charge in [0.05, 0.1) is 21.1 Å². The minimum Gasteiger partial charge on any atom is -0.550 e. The smallest absolute Gasteiger partial charge is 0.342 e. The molecule has 0 aromatic heterocycles. The van der Waals surface area contributed by atoms with E-state index in [0.717, 1.165) is 0 Å². The van der Waals surface area contributed by atoms with Crippen molar-refractivity contribution < 1.29 is 33.4 Å². The van der Waals surface area contributed by atoms with E-state index in [2.05, 4.69) is 0 Å². The van der Waals surface area contributed by atoms with Gasteiger partial charge in [-0.05, 0) is 12.1 Å². The lowest BCUT2D eigenvalue weighted by Gasteiger charge is -2.29. The average Bonchev–Trinajstić information content (AvgIpc) is 2.35. The number of para-hydroxylation sites is 1. The van der Waals surface area contributed by atoms with Gasteiger partial charge in [0, 0.05) is 19.3 Å². The van der Waals surface area contributed by atoms with Crippen LogP contribution in [0.15, 0.2) is 24.3 Å². The molecule has 0 heterocycles. The molecule has 7 nitrogen and oxygen atoms in total. The van der Waals surface area contributed by atoms with Crippen LogP contribution in [0.2, 0.25) is 0 Å². The van der Waals surface area contributed by atoms with Crippen molar-refractivity contribution in [2.45, 2.75) is 19.4 Å². The normalized spacial score (nSPS) is 11.8. The molecular weight excluding hydrogens is 338 g/mol. The van der Waals surface area contributed by atoms with Gasteiger partial charge < -0.3 is 23.9 Å². The highest BCUT2D eigenvalue weighted by Crippen LogP contribution is 2.20. The minimum atomic E-state index is -1.30. The zero-order chi connectivity index (χ0) is 17.6. The average molecular weight is 360 g/mol. The predicted octanol–water partition coefficient (Wildman–Crippen LogP) is 0.405. The summed E-state index contributed by atoms with van der Waals surface area (Å²) in [6, 6.07) is 6.12. The zero-order valence-corrected chi connectivity index (χ0v) is 14.9. The van der Waals surface area contributed by atoms with Gasteiger partial charge in [-0.1, -0.05) is 12.1 Å². The van der Waals surface area contributed by atoms with Crippen LogP contribution in [0.4, 0.5) is 0 Å². The molecule has 1 rings (SSSR count). The molecule has 1 unspecified atom stereocenters. The Hall–Kier alpha value is -2.12. The Morgan fingerprint density at radius 1 is 1.17 bits per heavy atom. The predicted molar refractivity (Wildman–Crippen MR) is 86.7 cm³/mol. The molecule has 0 radical (unpaired) electrons. The summed E-state index contributed by atoms with van der Waals surface area (Å²) in [6.07, 6.45) is -1.25. The molecule has 24 heavy (non-hydrogen) atoms. The summed E-state index contributed by atoms with van der Waals surface area (Å²) < 4.78 is 10.7. The Kier molecular flexibility index (Phi) is 8.43. The number of esters is 2. The Morgan fingerprint density at radius 2 is 1.75 bits per heavy atom. The SMILES string of the molecule is CC(=O)Oc1ccccc1C(=O)OC(CC(=O)[O-])C[N+](C)(C)C.Cl. The number of halogens is 1. The Labute approximate surface area is 147 Å². The van der Waals surface area contributed by atoms with E-state index in [1.54, 1.807) is 12.1 Å². The van der Waals surface area contributed by atoms with E-state index in [1.165, 1.54) is 19.1 Å². The second-order valence-corrected chi connectivity index (χ2v) is 6.17. The largest absolute Gasteiger partial charge is 0.550 e. The number of carboxylic acid groups (broad SMARTS) is 1. The lowest BCUT2D eigenvalue weighted by Crippen LogP contribution is -2.45. The van der Waals surface area contributed by atoms with Gasteiger partial charge in [0.15, 0.2) is 6.10 Å². The Bertz CT molecular complexity index is 596. The van der Waals surface area contributed by atoms with Crippen molar-refractivity contribution in [2.75, 3.05) is 27.7 Å². The molecular formula is C16H22ClNO6. The Balaban J connectivity index is 0.00000529. The van der Waals surface area contributed by atoms with Crippen molar-refractivity contribution in [3.63, 3.8) is 0 Å². The number of hydrogen-bond acceptors (Lipinski definition) is 6. The molecule has 1 atom stereocenters. The molecule has 0 spiro atoms. The molecule has 8 heteroatoms. The van der Waals surface area contributed by atoms with Crippen LogP contribution in [0, 0.1) is 0 Å². The second kappa shape index (κ2) is 9.24. The van der Waals surface area contributed by atoms with Crippen molar-refractivity contribution in [2.24, 2.45) is 0 Å². The van der Waals surface area contributed by atoms with E-state index in [0.29, 0.717) is 11.0 Å². The van der Waals surface area contributed by atoms with E-state index in [4.69, 9.17) is 9.47 Å². The van der Waals surface area contributed by atoms with Crippen molar-refractivity contribution >= 4 is 30.3 Å². The third-order valence-electron chi connectivity index (χ3n) is 2.78. The van der Waals surface area contributed by atoms with Gasteiger partial charge in [-0.3, -0.25) is 4.79 Å². The number of hydrogen-bond donors (Lipinski definition) is 0. The van der Waals surface area contributed by atoms with Crippen LogP contribution in [-0.2, 0) is 14.3 Å². The number of nitrogens with zero attached hydrogens (tertiary/aromatic N) is 1. The van der Waals surface area contributed by atoms with Crippen molar-refractivity contribution in [3.8, 4) is 5.75 Å². The van der Waals surface area contributed by atoms with Gasteiger partial charge >= 0.3 is 11.9 Å². The van der Waals surface area contributed by atoms with Crippen LogP contribution >= 0.6 is 12.4 Å². The number of likely N-dealkylation sites (N-methyl/N-ethyl adjacent to an activating group) is 1. The van der Waals surface area contributed by atoms with Gasteiger partial charge in [0.1, 0.15) is 17.9 Å². The van der Waals surface area contributed by atoms with Crippen LogP contribution in [0.5, 0.6) is 5.75 Å². The highest BCUT2D eigenvalue weighted by atomic mass is 35.5. The Morgan fingerprint density at radius 3 is 2.25 bits per heavy atom. The first-order valence-electron chi connectivity index (χ1n) is 7.07. The fraction of sp³-hybridized carbons (Fsp3) is 0.438. The molecule has 0 aliphatic carbocycles. The second-order valence-electron chi connectivity index (χ2n) is 6.17. The summed E-state index contributed by atoms with van der Waals surface area (Å²) >= 11 is 0. The number of benzene rings is 1. The molecule has 0 fully saturated rings. The molecule has 0 saturated carbocycles. The van der Waals surface area contributed by atoms with E-state index < -0.39 is 30.4 Å². The molecule has 1 aromatic rings. The third-order valence-corrected chi connectivity index (χ3v) is 2.78. The molecule has 1 aromatic carbocycles. The first kappa shape index (κ1) is 21.9. The number of rotatable bonds is 7. The zero-order valence-electron chi connectivity index (χ0n) is 14.1. The van der Waals surface area contributed by atoms with Crippen LogP contribution in [0.1, 0.15) is 23.7 Å². The lowest BCUT2D eigenvalue weighted by atomic mass is 10.2. The molecule has 0 N–H and O–H groups in total. The maximum atomic E-state index is 12.3. The van der Waals surface area contributed by atoms with Crippen molar-refractivity contribution in [1.29, 1.82) is 0 Å². The fourth-order valence-electron chi connectivity index (χ4n) is 2.03. The summed E-state index contributed by atoms with van der Waals surface area (Å²) in [4.78, 5) is 34.2. The highest BCUT2D eigenvalue weighted by molar-refractivity contribution is 5.93. The fourth-order valence-corrected chi connectivity index (χ4v) is 2.03. The molecule has 0 saturated heterocycles.